The van der Waals surface area contributed by atoms with Gasteiger partial charge in [-0.2, -0.15) is 0 Å². The molecule has 0 aromatic rings. The Morgan fingerprint density at radius 3 is 1.73 bits per heavy atom. The zero-order chi connectivity index (χ0) is 9.02. The molecule has 0 aromatic heterocycles. The topological polar surface area (TPSA) is 46.5 Å². The summed E-state index contributed by atoms with van der Waals surface area (Å²) in [6.45, 7) is 7.85. The lowest BCUT2D eigenvalue weighted by Crippen LogP contribution is -2.11. The van der Waals surface area contributed by atoms with Crippen LogP contribution in [0.15, 0.2) is 16.3 Å². The number of ketones is 2. The van der Waals surface area contributed by atoms with Crippen LogP contribution in [0.3, 0.4) is 0 Å². The van der Waals surface area contributed by atoms with Crippen molar-refractivity contribution in [2.24, 2.45) is 4.99 Å². The van der Waals surface area contributed by atoms with Gasteiger partial charge in [0.15, 0.2) is 0 Å². The van der Waals surface area contributed by atoms with Crippen LogP contribution in [0.2, 0.25) is 0 Å². The van der Waals surface area contributed by atoms with E-state index in [0.717, 1.165) is 0 Å². The number of nitrogens with zero attached hydrogens (tertiary/aromatic N) is 1. The predicted molar refractivity (Wildman–Crippen MR) is 43.6 cm³/mol. The molecule has 0 saturated heterocycles. The first-order valence-electron chi connectivity index (χ1n) is 3.20. The number of rotatable bonds is 3. The third-order valence-corrected chi connectivity index (χ3v) is 1.17. The van der Waals surface area contributed by atoms with Crippen LogP contribution in [-0.4, -0.2) is 18.3 Å². The van der Waals surface area contributed by atoms with Gasteiger partial charge in [0, 0.05) is 6.92 Å². The van der Waals surface area contributed by atoms with E-state index in [0.29, 0.717) is 5.57 Å². The van der Waals surface area contributed by atoms with Crippen LogP contribution in [0.4, 0.5) is 0 Å². The summed E-state index contributed by atoms with van der Waals surface area (Å²) >= 11 is 0. The third-order valence-electron chi connectivity index (χ3n) is 1.17. The minimum absolute atomic E-state index is 0.164. The standard InChI is InChI=1S/C8H11NO2/c1-5(2)7(9-4)8(11)6(3)10/h4H2,1-3H3. The number of carbonyl (C=O) groups is 2. The van der Waals surface area contributed by atoms with E-state index in [4.69, 9.17) is 0 Å². The van der Waals surface area contributed by atoms with Crippen LogP contribution in [0, 0.1) is 0 Å². The summed E-state index contributed by atoms with van der Waals surface area (Å²) < 4.78 is 0. The fraction of sp³-hybridized carbons (Fsp3) is 0.375. The van der Waals surface area contributed by atoms with E-state index in [1.165, 1.54) is 6.92 Å². The Balaban J connectivity index is 4.83. The Morgan fingerprint density at radius 1 is 1.18 bits per heavy atom. The molecule has 0 radical (unpaired) electrons. The molecule has 0 heterocycles. The highest BCUT2D eigenvalue weighted by Gasteiger charge is 2.13. The van der Waals surface area contributed by atoms with Gasteiger partial charge >= 0.3 is 0 Å². The summed E-state index contributed by atoms with van der Waals surface area (Å²) in [5.74, 6) is -1.08. The van der Waals surface area contributed by atoms with Crippen molar-refractivity contribution in [3.8, 4) is 0 Å². The van der Waals surface area contributed by atoms with Crippen molar-refractivity contribution < 1.29 is 9.59 Å². The van der Waals surface area contributed by atoms with Gasteiger partial charge in [0.2, 0.25) is 11.6 Å². The lowest BCUT2D eigenvalue weighted by molar-refractivity contribution is -0.133. The first kappa shape index (κ1) is 9.75. The molecule has 0 aliphatic heterocycles. The Labute approximate surface area is 65.8 Å². The fourth-order valence-corrected chi connectivity index (χ4v) is 0.624. The van der Waals surface area contributed by atoms with Gasteiger partial charge in [0.05, 0.1) is 0 Å². The molecule has 0 fully saturated rings. The lowest BCUT2D eigenvalue weighted by Gasteiger charge is -1.97. The van der Waals surface area contributed by atoms with Gasteiger partial charge in [-0.15, -0.1) is 0 Å². The Morgan fingerprint density at radius 2 is 1.64 bits per heavy atom. The maximum absolute atomic E-state index is 11.0. The van der Waals surface area contributed by atoms with Crippen molar-refractivity contribution in [2.75, 3.05) is 0 Å². The second kappa shape index (κ2) is 3.81. The average Bonchev–Trinajstić information content (AvgIpc) is 1.88. The summed E-state index contributed by atoms with van der Waals surface area (Å²) in [5, 5.41) is 0. The Kier molecular flexibility index (Phi) is 3.37. The molecule has 0 atom stereocenters. The molecule has 0 spiro atoms. The van der Waals surface area contributed by atoms with Crippen molar-refractivity contribution in [1.29, 1.82) is 0 Å². The largest absolute Gasteiger partial charge is 0.291 e. The number of aliphatic imine (C=N–C) groups is 1. The average molecular weight is 153 g/mol. The molecule has 0 unspecified atom stereocenters. The van der Waals surface area contributed by atoms with Crippen molar-refractivity contribution in [2.45, 2.75) is 20.8 Å². The quantitative estimate of drug-likeness (QED) is 0.346. The Hall–Kier alpha value is -1.25. The second-order valence-corrected chi connectivity index (χ2v) is 2.39. The van der Waals surface area contributed by atoms with Crippen LogP contribution in [0.5, 0.6) is 0 Å². The molecule has 0 aliphatic carbocycles. The van der Waals surface area contributed by atoms with E-state index in [-0.39, 0.29) is 5.70 Å². The zero-order valence-electron chi connectivity index (χ0n) is 6.97. The highest BCUT2D eigenvalue weighted by atomic mass is 16.2. The molecular weight excluding hydrogens is 142 g/mol. The summed E-state index contributed by atoms with van der Waals surface area (Å²) in [7, 11) is 0. The van der Waals surface area contributed by atoms with E-state index >= 15 is 0 Å². The van der Waals surface area contributed by atoms with Crippen LogP contribution >= 0.6 is 0 Å². The molecule has 60 valence electrons. The van der Waals surface area contributed by atoms with Gasteiger partial charge in [-0.05, 0) is 26.1 Å². The number of allylic oxidation sites excluding steroid dienone is 2. The van der Waals surface area contributed by atoms with Gasteiger partial charge in [-0.3, -0.25) is 14.6 Å². The highest BCUT2D eigenvalue weighted by Crippen LogP contribution is 2.05. The number of hydrogen-bond donors (Lipinski definition) is 0. The maximum Gasteiger partial charge on any atom is 0.246 e. The summed E-state index contributed by atoms with van der Waals surface area (Å²) in [4.78, 5) is 25.0. The SMILES string of the molecule is C=NC(C(=O)C(C)=O)=C(C)C. The van der Waals surface area contributed by atoms with Crippen molar-refractivity contribution in [3.63, 3.8) is 0 Å². The third kappa shape index (κ3) is 2.45. The molecule has 3 heteroatoms. The molecule has 0 aromatic carbocycles. The van der Waals surface area contributed by atoms with Crippen molar-refractivity contribution in [3.05, 3.63) is 11.3 Å². The molecule has 0 bridgehead atoms. The summed E-state index contributed by atoms with van der Waals surface area (Å²) in [5.41, 5.74) is 0.873. The monoisotopic (exact) mass is 153 g/mol. The van der Waals surface area contributed by atoms with E-state index in [1.807, 2.05) is 0 Å². The fourth-order valence-electron chi connectivity index (χ4n) is 0.624. The minimum Gasteiger partial charge on any atom is -0.291 e. The molecule has 0 rings (SSSR count). The molecule has 0 N–H and O–H groups in total. The minimum atomic E-state index is -0.569. The number of Topliss-reactive ketones (excluding diaryl/α,β-unsaturated/α-hetero) is 2. The van der Waals surface area contributed by atoms with Crippen LogP contribution in [0.1, 0.15) is 20.8 Å². The van der Waals surface area contributed by atoms with Crippen molar-refractivity contribution >= 4 is 18.3 Å². The van der Waals surface area contributed by atoms with Crippen LogP contribution < -0.4 is 0 Å². The molecule has 0 saturated carbocycles. The van der Waals surface area contributed by atoms with E-state index in [1.54, 1.807) is 13.8 Å². The number of carbonyl (C=O) groups excluding carboxylic acids is 2. The highest BCUT2D eigenvalue weighted by molar-refractivity contribution is 6.42. The Bertz CT molecular complexity index is 234. The predicted octanol–water partition coefficient (Wildman–Crippen LogP) is 1.14. The molecule has 0 aliphatic rings. The number of hydrogen-bond acceptors (Lipinski definition) is 3. The van der Waals surface area contributed by atoms with Gasteiger partial charge in [0.25, 0.3) is 0 Å². The molecule has 0 amide bonds. The first-order chi connectivity index (χ1) is 5.00. The van der Waals surface area contributed by atoms with Gasteiger partial charge < -0.3 is 0 Å². The van der Waals surface area contributed by atoms with Gasteiger partial charge in [-0.1, -0.05) is 0 Å². The normalized spacial score (nSPS) is 8.64. The smallest absolute Gasteiger partial charge is 0.246 e. The maximum atomic E-state index is 11.0. The van der Waals surface area contributed by atoms with Crippen LogP contribution in [-0.2, 0) is 9.59 Å². The molecular formula is C8H11NO2. The summed E-state index contributed by atoms with van der Waals surface area (Å²) in [6, 6.07) is 0. The lowest BCUT2D eigenvalue weighted by atomic mass is 10.1. The zero-order valence-corrected chi connectivity index (χ0v) is 6.97. The first-order valence-corrected chi connectivity index (χ1v) is 3.20. The van der Waals surface area contributed by atoms with Gasteiger partial charge in [-0.25, -0.2) is 0 Å². The summed E-state index contributed by atoms with van der Waals surface area (Å²) in [6.07, 6.45) is 0. The van der Waals surface area contributed by atoms with Crippen molar-refractivity contribution in [1.82, 2.24) is 0 Å². The van der Waals surface area contributed by atoms with E-state index < -0.39 is 11.6 Å². The second-order valence-electron chi connectivity index (χ2n) is 2.39. The molecule has 11 heavy (non-hydrogen) atoms. The van der Waals surface area contributed by atoms with E-state index in [9.17, 15) is 9.59 Å². The van der Waals surface area contributed by atoms with Crippen LogP contribution in [0.25, 0.3) is 0 Å². The molecule has 3 nitrogen and oxygen atoms in total. The van der Waals surface area contributed by atoms with Gasteiger partial charge in [0.1, 0.15) is 5.70 Å². The van der Waals surface area contributed by atoms with E-state index in [2.05, 4.69) is 11.7 Å².